The molecule has 2 aliphatic heterocycles. The number of thiophene rings is 1. The number of rotatable bonds is 3. The SMILES string of the molecule is CC(C)(C)c1ccc2c(c1)C1(c3ccccc3Oc3ccc(N(c4ccc5c(c4)C4(c6ccccc6O5)c5ccccc5-c5ccccc54)c4cccc5sc6ccccc6c45)cc31)c1cc(C(C)(C)C)ccc1-2. The third-order valence-electron chi connectivity index (χ3n) is 16.7. The molecular weight excluding hydrogens is 919 g/mol. The van der Waals surface area contributed by atoms with E-state index in [1.165, 1.54) is 75.8 Å². The molecule has 2 spiro atoms. The summed E-state index contributed by atoms with van der Waals surface area (Å²) in [7, 11) is 0. The lowest BCUT2D eigenvalue weighted by Crippen LogP contribution is -2.33. The quantitative estimate of drug-likeness (QED) is 0.176. The highest BCUT2D eigenvalue weighted by Crippen LogP contribution is 2.65. The standard InChI is InChI=1S/C70H53NO2S/c1-67(2,3)42-30-34-48-49-35-31-43(68(4,5)6)39-56(49)70(55(48)38-42)54-24-13-15-27-61(54)73-63-37-33-45(41-58(63)70)71(59-25-17-29-65-66(59)50-20-9-16-28-64(50)74-65)44-32-36-62-57(40-44)69(53-23-12-14-26-60(53)72-62)51-21-10-7-18-46(51)47-19-8-11-22-52(47)69/h7-41H,1-6H3. The number of benzene rings is 10. The Morgan fingerprint density at radius 3 is 1.32 bits per heavy atom. The molecule has 0 saturated carbocycles. The number of fused-ring (bicyclic) bond motifs is 21. The van der Waals surface area contributed by atoms with E-state index in [0.29, 0.717) is 0 Å². The predicted molar refractivity (Wildman–Crippen MR) is 306 cm³/mol. The molecule has 11 aromatic rings. The van der Waals surface area contributed by atoms with Crippen molar-refractivity contribution >= 4 is 48.6 Å². The van der Waals surface area contributed by atoms with E-state index < -0.39 is 10.8 Å². The number of hydrogen-bond acceptors (Lipinski definition) is 4. The van der Waals surface area contributed by atoms with Gasteiger partial charge in [0.2, 0.25) is 0 Å². The Labute approximate surface area is 437 Å². The average Bonchev–Trinajstić information content (AvgIpc) is 4.06. The Bertz CT molecular complexity index is 4090. The van der Waals surface area contributed by atoms with Crippen LogP contribution in [0.4, 0.5) is 17.1 Å². The maximum Gasteiger partial charge on any atom is 0.132 e. The summed E-state index contributed by atoms with van der Waals surface area (Å²) < 4.78 is 16.7. The van der Waals surface area contributed by atoms with Crippen LogP contribution in [-0.4, -0.2) is 0 Å². The summed E-state index contributed by atoms with van der Waals surface area (Å²) in [5.41, 5.74) is 19.0. The minimum atomic E-state index is -0.700. The molecule has 0 bridgehead atoms. The molecule has 4 aliphatic rings. The maximum atomic E-state index is 7.16. The monoisotopic (exact) mass is 971 g/mol. The number of hydrogen-bond donors (Lipinski definition) is 0. The van der Waals surface area contributed by atoms with Crippen LogP contribution in [-0.2, 0) is 21.7 Å². The van der Waals surface area contributed by atoms with Gasteiger partial charge in [0.25, 0.3) is 0 Å². The van der Waals surface area contributed by atoms with Crippen molar-refractivity contribution in [1.82, 2.24) is 0 Å². The summed E-state index contributed by atoms with van der Waals surface area (Å²) in [4.78, 5) is 2.52. The van der Waals surface area contributed by atoms with Gasteiger partial charge in [-0.3, -0.25) is 0 Å². The van der Waals surface area contributed by atoms with Gasteiger partial charge >= 0.3 is 0 Å². The molecule has 3 nitrogen and oxygen atoms in total. The van der Waals surface area contributed by atoms with Crippen LogP contribution >= 0.6 is 11.3 Å². The molecule has 0 amide bonds. The van der Waals surface area contributed by atoms with E-state index in [1.54, 1.807) is 0 Å². The van der Waals surface area contributed by atoms with Crippen molar-refractivity contribution in [2.24, 2.45) is 0 Å². The summed E-state index contributed by atoms with van der Waals surface area (Å²) in [5.74, 6) is 3.49. The van der Waals surface area contributed by atoms with Crippen molar-refractivity contribution in [1.29, 1.82) is 0 Å². The molecule has 0 fully saturated rings. The maximum absolute atomic E-state index is 7.16. The highest BCUT2D eigenvalue weighted by molar-refractivity contribution is 7.26. The van der Waals surface area contributed by atoms with Crippen LogP contribution in [0.1, 0.15) is 97.2 Å². The fraction of sp³-hybridized carbons (Fsp3) is 0.143. The molecule has 4 heteroatoms. The number of nitrogens with zero attached hydrogens (tertiary/aromatic N) is 1. The van der Waals surface area contributed by atoms with Gasteiger partial charge in [-0.05, 0) is 133 Å². The van der Waals surface area contributed by atoms with Gasteiger partial charge < -0.3 is 14.4 Å². The Morgan fingerprint density at radius 1 is 0.351 bits per heavy atom. The van der Waals surface area contributed by atoms with Crippen molar-refractivity contribution < 1.29 is 9.47 Å². The Hall–Kier alpha value is -8.18. The van der Waals surface area contributed by atoms with Gasteiger partial charge in [-0.15, -0.1) is 11.3 Å². The van der Waals surface area contributed by atoms with Gasteiger partial charge in [0.05, 0.1) is 16.5 Å². The summed E-state index contributed by atoms with van der Waals surface area (Å²) in [6.07, 6.45) is 0. The van der Waals surface area contributed by atoms with Crippen molar-refractivity contribution in [2.75, 3.05) is 4.90 Å². The number of anilines is 3. The lowest BCUT2D eigenvalue weighted by atomic mass is 9.65. The zero-order chi connectivity index (χ0) is 49.9. The predicted octanol–water partition coefficient (Wildman–Crippen LogP) is 19.1. The minimum absolute atomic E-state index is 0.0793. The smallest absolute Gasteiger partial charge is 0.132 e. The molecule has 15 rings (SSSR count). The van der Waals surface area contributed by atoms with Crippen molar-refractivity contribution in [3.8, 4) is 45.3 Å². The van der Waals surface area contributed by atoms with Crippen LogP contribution in [0.15, 0.2) is 212 Å². The van der Waals surface area contributed by atoms with E-state index in [2.05, 4.69) is 259 Å². The van der Waals surface area contributed by atoms with Crippen LogP contribution in [0.25, 0.3) is 42.4 Å². The van der Waals surface area contributed by atoms with Gasteiger partial charge in [0.1, 0.15) is 23.0 Å². The first-order valence-electron chi connectivity index (χ1n) is 26.0. The molecule has 2 aliphatic carbocycles. The zero-order valence-electron chi connectivity index (χ0n) is 42.4. The molecule has 10 aromatic carbocycles. The van der Waals surface area contributed by atoms with Gasteiger partial charge in [0.15, 0.2) is 0 Å². The van der Waals surface area contributed by atoms with E-state index in [-0.39, 0.29) is 10.8 Å². The van der Waals surface area contributed by atoms with Crippen LogP contribution in [0.3, 0.4) is 0 Å². The normalized spacial score (nSPS) is 14.8. The fourth-order valence-electron chi connectivity index (χ4n) is 13.4. The largest absolute Gasteiger partial charge is 0.457 e. The molecule has 0 N–H and O–H groups in total. The first kappa shape index (κ1) is 43.4. The van der Waals surface area contributed by atoms with E-state index >= 15 is 0 Å². The average molecular weight is 972 g/mol. The molecule has 0 saturated heterocycles. The third kappa shape index (κ3) is 5.78. The van der Waals surface area contributed by atoms with E-state index in [4.69, 9.17) is 9.47 Å². The van der Waals surface area contributed by atoms with Crippen LogP contribution < -0.4 is 14.4 Å². The van der Waals surface area contributed by atoms with Crippen molar-refractivity contribution in [3.05, 3.63) is 268 Å². The molecule has 0 unspecified atom stereocenters. The Morgan fingerprint density at radius 2 is 0.784 bits per heavy atom. The van der Waals surface area contributed by atoms with Gasteiger partial charge in [0, 0.05) is 53.8 Å². The van der Waals surface area contributed by atoms with E-state index in [1.807, 2.05) is 11.3 Å². The van der Waals surface area contributed by atoms with Crippen molar-refractivity contribution in [3.63, 3.8) is 0 Å². The Balaban J connectivity index is 1.05. The molecule has 74 heavy (non-hydrogen) atoms. The summed E-state index contributed by atoms with van der Waals surface area (Å²) in [6.45, 7) is 14.0. The highest BCUT2D eigenvalue weighted by atomic mass is 32.1. The van der Waals surface area contributed by atoms with Gasteiger partial charge in [-0.2, -0.15) is 0 Å². The molecule has 3 heterocycles. The first-order chi connectivity index (χ1) is 35.9. The lowest BCUT2D eigenvalue weighted by Gasteiger charge is -2.41. The lowest BCUT2D eigenvalue weighted by molar-refractivity contribution is 0.436. The molecule has 356 valence electrons. The van der Waals surface area contributed by atoms with Crippen LogP contribution in [0, 0.1) is 0 Å². The molecule has 0 radical (unpaired) electrons. The zero-order valence-corrected chi connectivity index (χ0v) is 43.2. The molecular formula is C70H53NO2S. The molecule has 1 aromatic heterocycles. The summed E-state index contributed by atoms with van der Waals surface area (Å²) >= 11 is 1.85. The first-order valence-corrected chi connectivity index (χ1v) is 26.8. The van der Waals surface area contributed by atoms with E-state index in [9.17, 15) is 0 Å². The highest BCUT2D eigenvalue weighted by Gasteiger charge is 2.53. The minimum Gasteiger partial charge on any atom is -0.457 e. The molecule has 0 atom stereocenters. The van der Waals surface area contributed by atoms with Crippen LogP contribution in [0.2, 0.25) is 0 Å². The van der Waals surface area contributed by atoms with E-state index in [0.717, 1.165) is 62.3 Å². The second-order valence-electron chi connectivity index (χ2n) is 22.8. The Kier molecular flexibility index (Phi) is 8.91. The number of para-hydroxylation sites is 2. The summed E-state index contributed by atoms with van der Waals surface area (Å²) in [6, 6.07) is 79.5. The van der Waals surface area contributed by atoms with Gasteiger partial charge in [-0.25, -0.2) is 0 Å². The third-order valence-corrected chi connectivity index (χ3v) is 17.9. The van der Waals surface area contributed by atoms with Crippen LogP contribution in [0.5, 0.6) is 23.0 Å². The second kappa shape index (κ2) is 15.2. The fourth-order valence-corrected chi connectivity index (χ4v) is 14.5. The van der Waals surface area contributed by atoms with Gasteiger partial charge in [-0.1, -0.05) is 187 Å². The second-order valence-corrected chi connectivity index (χ2v) is 23.8. The topological polar surface area (TPSA) is 21.7 Å². The summed E-state index contributed by atoms with van der Waals surface area (Å²) in [5, 5.41) is 2.47. The number of ether oxygens (including phenoxy) is 2. The van der Waals surface area contributed by atoms with Crippen molar-refractivity contribution in [2.45, 2.75) is 63.2 Å².